The predicted octanol–water partition coefficient (Wildman–Crippen LogP) is 2.53. The highest BCUT2D eigenvalue weighted by Gasteiger charge is 2.25. The number of methoxy groups -OCH3 is 1. The van der Waals surface area contributed by atoms with Gasteiger partial charge in [0.2, 0.25) is 0 Å². The Balaban J connectivity index is 2.13. The Hall–Kier alpha value is -1.57. The topological polar surface area (TPSA) is 48.3 Å². The van der Waals surface area contributed by atoms with Gasteiger partial charge in [-0.25, -0.2) is 0 Å². The minimum absolute atomic E-state index is 0.577. The lowest BCUT2D eigenvalue weighted by atomic mass is 10.0. The highest BCUT2D eigenvalue weighted by Crippen LogP contribution is 2.22. The van der Waals surface area contributed by atoms with E-state index in [1.54, 1.807) is 7.11 Å². The fourth-order valence-corrected chi connectivity index (χ4v) is 2.96. The van der Waals surface area contributed by atoms with Crippen LogP contribution < -0.4 is 10.1 Å². The monoisotopic (exact) mass is 287 g/mol. The summed E-state index contributed by atoms with van der Waals surface area (Å²) >= 11 is 0. The molecule has 0 amide bonds. The molecule has 1 fully saturated rings. The van der Waals surface area contributed by atoms with Crippen molar-refractivity contribution in [3.63, 3.8) is 0 Å². The number of ether oxygens (including phenoxy) is 1. The SMILES string of the molecule is CCC1CN(Cc2ccc(C#N)c(OC)c2)C(CC)CN1. The maximum Gasteiger partial charge on any atom is 0.136 e. The van der Waals surface area contributed by atoms with Crippen LogP contribution in [-0.2, 0) is 6.54 Å². The van der Waals surface area contributed by atoms with Crippen molar-refractivity contribution in [1.29, 1.82) is 5.26 Å². The van der Waals surface area contributed by atoms with Crippen LogP contribution in [0.4, 0.5) is 0 Å². The van der Waals surface area contributed by atoms with Crippen LogP contribution in [0.5, 0.6) is 5.75 Å². The molecular formula is C17H25N3O. The third-order valence-corrected chi connectivity index (χ3v) is 4.35. The van der Waals surface area contributed by atoms with Crippen molar-refractivity contribution in [2.45, 2.75) is 45.3 Å². The lowest BCUT2D eigenvalue weighted by Crippen LogP contribution is -2.55. The molecule has 2 atom stereocenters. The van der Waals surface area contributed by atoms with Gasteiger partial charge in [0, 0.05) is 31.7 Å². The summed E-state index contributed by atoms with van der Waals surface area (Å²) in [6, 6.07) is 9.21. The Morgan fingerprint density at radius 3 is 2.81 bits per heavy atom. The van der Waals surface area contributed by atoms with Gasteiger partial charge in [-0.3, -0.25) is 4.90 Å². The van der Waals surface area contributed by atoms with Crippen LogP contribution in [0.1, 0.15) is 37.8 Å². The summed E-state index contributed by atoms with van der Waals surface area (Å²) in [6.07, 6.45) is 2.31. The zero-order valence-electron chi connectivity index (χ0n) is 13.2. The first-order valence-corrected chi connectivity index (χ1v) is 7.76. The van der Waals surface area contributed by atoms with Crippen molar-refractivity contribution in [2.75, 3.05) is 20.2 Å². The quantitative estimate of drug-likeness (QED) is 0.904. The molecule has 1 heterocycles. The van der Waals surface area contributed by atoms with Gasteiger partial charge in [-0.15, -0.1) is 0 Å². The minimum Gasteiger partial charge on any atom is -0.495 e. The fraction of sp³-hybridized carbons (Fsp3) is 0.588. The highest BCUT2D eigenvalue weighted by atomic mass is 16.5. The van der Waals surface area contributed by atoms with E-state index in [0.717, 1.165) is 32.5 Å². The first-order chi connectivity index (χ1) is 10.2. The molecule has 1 aromatic carbocycles. The zero-order valence-corrected chi connectivity index (χ0v) is 13.2. The average molecular weight is 287 g/mol. The lowest BCUT2D eigenvalue weighted by molar-refractivity contribution is 0.117. The smallest absolute Gasteiger partial charge is 0.136 e. The Kier molecular flexibility index (Phi) is 5.60. The molecule has 0 aromatic heterocycles. The molecule has 0 saturated carbocycles. The van der Waals surface area contributed by atoms with Crippen LogP contribution in [0.25, 0.3) is 0 Å². The summed E-state index contributed by atoms with van der Waals surface area (Å²) in [5.41, 5.74) is 1.81. The van der Waals surface area contributed by atoms with Gasteiger partial charge in [0.25, 0.3) is 0 Å². The number of nitriles is 1. The van der Waals surface area contributed by atoms with Crippen LogP contribution in [0.3, 0.4) is 0 Å². The minimum atomic E-state index is 0.577. The van der Waals surface area contributed by atoms with E-state index in [1.807, 2.05) is 18.2 Å². The molecule has 114 valence electrons. The molecule has 4 nitrogen and oxygen atoms in total. The fourth-order valence-electron chi connectivity index (χ4n) is 2.96. The Labute approximate surface area is 127 Å². The number of benzene rings is 1. The molecule has 2 rings (SSSR count). The van der Waals surface area contributed by atoms with Crippen LogP contribution in [0.15, 0.2) is 18.2 Å². The van der Waals surface area contributed by atoms with Crippen LogP contribution in [0.2, 0.25) is 0 Å². The maximum atomic E-state index is 9.06. The molecule has 0 aliphatic carbocycles. The van der Waals surface area contributed by atoms with Crippen molar-refractivity contribution in [3.8, 4) is 11.8 Å². The van der Waals surface area contributed by atoms with Crippen molar-refractivity contribution < 1.29 is 4.74 Å². The second-order valence-electron chi connectivity index (χ2n) is 5.65. The molecule has 2 unspecified atom stereocenters. The first-order valence-electron chi connectivity index (χ1n) is 7.76. The number of hydrogen-bond acceptors (Lipinski definition) is 4. The van der Waals surface area contributed by atoms with Gasteiger partial charge < -0.3 is 10.1 Å². The summed E-state index contributed by atoms with van der Waals surface area (Å²) in [4.78, 5) is 2.55. The summed E-state index contributed by atoms with van der Waals surface area (Å²) < 4.78 is 5.31. The molecule has 4 heteroatoms. The second kappa shape index (κ2) is 7.44. The summed E-state index contributed by atoms with van der Waals surface area (Å²) in [5, 5.41) is 12.7. The summed E-state index contributed by atoms with van der Waals surface area (Å²) in [6.45, 7) is 7.52. The van der Waals surface area contributed by atoms with Gasteiger partial charge >= 0.3 is 0 Å². The Bertz CT molecular complexity index is 509. The van der Waals surface area contributed by atoms with E-state index in [9.17, 15) is 0 Å². The molecule has 1 aliphatic rings. The number of rotatable bonds is 5. The van der Waals surface area contributed by atoms with Gasteiger partial charge in [-0.2, -0.15) is 5.26 Å². The highest BCUT2D eigenvalue weighted by molar-refractivity contribution is 5.45. The molecule has 1 saturated heterocycles. The van der Waals surface area contributed by atoms with Crippen LogP contribution in [0, 0.1) is 11.3 Å². The van der Waals surface area contributed by atoms with Crippen LogP contribution in [-0.4, -0.2) is 37.2 Å². The number of hydrogen-bond donors (Lipinski definition) is 1. The van der Waals surface area contributed by atoms with Gasteiger partial charge in [0.1, 0.15) is 11.8 Å². The third-order valence-electron chi connectivity index (χ3n) is 4.35. The normalized spacial score (nSPS) is 22.8. The lowest BCUT2D eigenvalue weighted by Gasteiger charge is -2.40. The van der Waals surface area contributed by atoms with Crippen LogP contribution >= 0.6 is 0 Å². The Morgan fingerprint density at radius 1 is 1.38 bits per heavy atom. The molecule has 21 heavy (non-hydrogen) atoms. The molecule has 1 aliphatic heterocycles. The molecule has 1 aromatic rings. The standard InChI is InChI=1S/C17H25N3O/c1-4-15-12-20(16(5-2)10-19-15)11-13-6-7-14(9-18)17(8-13)21-3/h6-8,15-16,19H,4-5,10-12H2,1-3H3. The third kappa shape index (κ3) is 3.75. The van der Waals surface area contributed by atoms with Gasteiger partial charge in [0.05, 0.1) is 12.7 Å². The molecule has 0 spiro atoms. The van der Waals surface area contributed by atoms with E-state index >= 15 is 0 Å². The van der Waals surface area contributed by atoms with E-state index in [2.05, 4.69) is 30.1 Å². The van der Waals surface area contributed by atoms with Gasteiger partial charge in [-0.05, 0) is 30.5 Å². The van der Waals surface area contributed by atoms with E-state index in [-0.39, 0.29) is 0 Å². The summed E-state index contributed by atoms with van der Waals surface area (Å²) in [7, 11) is 1.62. The second-order valence-corrected chi connectivity index (χ2v) is 5.65. The van der Waals surface area contributed by atoms with Crippen molar-refractivity contribution >= 4 is 0 Å². The van der Waals surface area contributed by atoms with Gasteiger partial charge in [0.15, 0.2) is 0 Å². The number of nitrogens with zero attached hydrogens (tertiary/aromatic N) is 2. The molecule has 0 bridgehead atoms. The first kappa shape index (κ1) is 15.8. The van der Waals surface area contributed by atoms with E-state index < -0.39 is 0 Å². The Morgan fingerprint density at radius 2 is 2.19 bits per heavy atom. The number of piperazine rings is 1. The summed E-state index contributed by atoms with van der Waals surface area (Å²) in [5.74, 6) is 0.672. The van der Waals surface area contributed by atoms with Crippen molar-refractivity contribution in [2.24, 2.45) is 0 Å². The average Bonchev–Trinajstić information content (AvgIpc) is 2.54. The predicted molar refractivity (Wildman–Crippen MR) is 84.3 cm³/mol. The number of nitrogens with one attached hydrogen (secondary N) is 1. The molecule has 1 N–H and O–H groups in total. The van der Waals surface area contributed by atoms with Crippen molar-refractivity contribution in [3.05, 3.63) is 29.3 Å². The van der Waals surface area contributed by atoms with E-state index in [4.69, 9.17) is 10.00 Å². The van der Waals surface area contributed by atoms with Crippen molar-refractivity contribution in [1.82, 2.24) is 10.2 Å². The largest absolute Gasteiger partial charge is 0.495 e. The molecular weight excluding hydrogens is 262 g/mol. The van der Waals surface area contributed by atoms with Gasteiger partial charge in [-0.1, -0.05) is 19.9 Å². The molecule has 0 radical (unpaired) electrons. The van der Waals surface area contributed by atoms with E-state index in [0.29, 0.717) is 23.4 Å². The van der Waals surface area contributed by atoms with E-state index in [1.165, 1.54) is 5.56 Å². The maximum absolute atomic E-state index is 9.06. The zero-order chi connectivity index (χ0) is 15.2.